The number of carbonyl (C=O) groups is 1. The highest BCUT2D eigenvalue weighted by molar-refractivity contribution is 6.01. The van der Waals surface area contributed by atoms with Gasteiger partial charge in [0, 0.05) is 17.5 Å². The second-order valence-corrected chi connectivity index (χ2v) is 3.20. The number of alkyl halides is 2. The first-order chi connectivity index (χ1) is 7.09. The van der Waals surface area contributed by atoms with Gasteiger partial charge in [-0.05, 0) is 18.6 Å². The van der Waals surface area contributed by atoms with E-state index in [0.717, 1.165) is 6.07 Å². The van der Waals surface area contributed by atoms with E-state index in [1.807, 2.05) is 0 Å². The zero-order valence-electron chi connectivity index (χ0n) is 7.60. The fraction of sp³-hybridized carbons (Fsp3) is 0.300. The van der Waals surface area contributed by atoms with E-state index in [2.05, 4.69) is 4.74 Å². The van der Waals surface area contributed by atoms with Gasteiger partial charge in [0.1, 0.15) is 0 Å². The molecule has 1 aliphatic carbocycles. The highest BCUT2D eigenvalue weighted by atomic mass is 19.3. The molecule has 0 spiro atoms. The van der Waals surface area contributed by atoms with Crippen molar-refractivity contribution < 1.29 is 22.7 Å². The predicted molar refractivity (Wildman–Crippen MR) is 45.7 cm³/mol. The largest absolute Gasteiger partial charge is 0.431 e. The van der Waals surface area contributed by atoms with Gasteiger partial charge >= 0.3 is 6.61 Å². The second kappa shape index (κ2) is 3.56. The quantitative estimate of drug-likeness (QED) is 0.759. The molecule has 0 radical (unpaired) electrons. The molecule has 0 saturated heterocycles. The van der Waals surface area contributed by atoms with Crippen LogP contribution in [0.1, 0.15) is 22.3 Å². The van der Waals surface area contributed by atoms with Crippen molar-refractivity contribution in [1.29, 1.82) is 0 Å². The topological polar surface area (TPSA) is 26.3 Å². The lowest BCUT2D eigenvalue weighted by Gasteiger charge is -2.09. The monoisotopic (exact) mass is 216 g/mol. The molecule has 0 unspecified atom stereocenters. The first kappa shape index (κ1) is 10.0. The van der Waals surface area contributed by atoms with Crippen LogP contribution < -0.4 is 4.74 Å². The van der Waals surface area contributed by atoms with Crippen LogP contribution in [0.3, 0.4) is 0 Å². The van der Waals surface area contributed by atoms with E-state index in [1.54, 1.807) is 0 Å². The third-order valence-electron chi connectivity index (χ3n) is 2.32. The number of carbonyl (C=O) groups excluding carboxylic acids is 1. The SMILES string of the molecule is O=C1CCc2c1ccc(F)c2OC(F)F. The molecule has 2 rings (SSSR count). The van der Waals surface area contributed by atoms with Crippen LogP contribution in [-0.4, -0.2) is 12.4 Å². The molecule has 15 heavy (non-hydrogen) atoms. The highest BCUT2D eigenvalue weighted by Crippen LogP contribution is 2.33. The summed E-state index contributed by atoms with van der Waals surface area (Å²) >= 11 is 0. The number of hydrogen-bond acceptors (Lipinski definition) is 2. The average Bonchev–Trinajstić information content (AvgIpc) is 2.52. The lowest BCUT2D eigenvalue weighted by atomic mass is 10.1. The molecule has 0 N–H and O–H groups in total. The molecule has 80 valence electrons. The van der Waals surface area contributed by atoms with Gasteiger partial charge in [-0.15, -0.1) is 0 Å². The molecule has 0 aromatic heterocycles. The maximum Gasteiger partial charge on any atom is 0.387 e. The van der Waals surface area contributed by atoms with E-state index in [-0.39, 0.29) is 29.8 Å². The van der Waals surface area contributed by atoms with Crippen LogP contribution in [-0.2, 0) is 6.42 Å². The van der Waals surface area contributed by atoms with Crippen LogP contribution in [0, 0.1) is 5.82 Å². The zero-order chi connectivity index (χ0) is 11.0. The molecule has 0 saturated carbocycles. The van der Waals surface area contributed by atoms with Crippen molar-refractivity contribution in [3.63, 3.8) is 0 Å². The van der Waals surface area contributed by atoms with Gasteiger partial charge in [-0.2, -0.15) is 8.78 Å². The van der Waals surface area contributed by atoms with Gasteiger partial charge in [0.25, 0.3) is 0 Å². The second-order valence-electron chi connectivity index (χ2n) is 3.20. The summed E-state index contributed by atoms with van der Waals surface area (Å²) in [5, 5.41) is 0. The third kappa shape index (κ3) is 1.69. The number of Topliss-reactive ketones (excluding diaryl/α,β-unsaturated/α-hetero) is 1. The van der Waals surface area contributed by atoms with Crippen LogP contribution in [0.4, 0.5) is 13.2 Å². The normalized spacial score (nSPS) is 14.5. The number of halogens is 3. The summed E-state index contributed by atoms with van der Waals surface area (Å²) in [6.07, 6.45) is 0.479. The average molecular weight is 216 g/mol. The number of fused-ring (bicyclic) bond motifs is 1. The first-order valence-corrected chi connectivity index (χ1v) is 4.39. The van der Waals surface area contributed by atoms with Gasteiger partial charge < -0.3 is 4.74 Å². The Labute approximate surface area is 83.7 Å². The van der Waals surface area contributed by atoms with Crippen molar-refractivity contribution in [3.05, 3.63) is 29.1 Å². The van der Waals surface area contributed by atoms with E-state index in [4.69, 9.17) is 0 Å². The van der Waals surface area contributed by atoms with Crippen molar-refractivity contribution in [2.24, 2.45) is 0 Å². The van der Waals surface area contributed by atoms with Crippen LogP contribution in [0.15, 0.2) is 12.1 Å². The van der Waals surface area contributed by atoms with Crippen molar-refractivity contribution in [2.45, 2.75) is 19.5 Å². The maximum atomic E-state index is 13.2. The van der Waals surface area contributed by atoms with Crippen molar-refractivity contribution in [2.75, 3.05) is 0 Å². The minimum absolute atomic E-state index is 0.163. The summed E-state index contributed by atoms with van der Waals surface area (Å²) in [4.78, 5) is 11.2. The molecule has 0 heterocycles. The van der Waals surface area contributed by atoms with Crippen LogP contribution in [0.25, 0.3) is 0 Å². The summed E-state index contributed by atoms with van der Waals surface area (Å²) in [6, 6.07) is 2.28. The number of hydrogen-bond donors (Lipinski definition) is 0. The van der Waals surface area contributed by atoms with Crippen molar-refractivity contribution >= 4 is 5.78 Å². The van der Waals surface area contributed by atoms with Gasteiger partial charge in [-0.1, -0.05) is 0 Å². The van der Waals surface area contributed by atoms with Crippen molar-refractivity contribution in [3.8, 4) is 5.75 Å². The lowest BCUT2D eigenvalue weighted by Crippen LogP contribution is -2.06. The molecule has 0 fully saturated rings. The van der Waals surface area contributed by atoms with Gasteiger partial charge in [0.15, 0.2) is 17.3 Å². The van der Waals surface area contributed by atoms with E-state index in [0.29, 0.717) is 0 Å². The molecule has 0 amide bonds. The van der Waals surface area contributed by atoms with E-state index in [1.165, 1.54) is 6.07 Å². The summed E-state index contributed by atoms with van der Waals surface area (Å²) in [6.45, 7) is -3.08. The zero-order valence-corrected chi connectivity index (χ0v) is 7.60. The summed E-state index contributed by atoms with van der Waals surface area (Å²) in [5.74, 6) is -1.51. The fourth-order valence-electron chi connectivity index (χ4n) is 1.70. The Bertz CT molecular complexity index is 415. The third-order valence-corrected chi connectivity index (χ3v) is 2.32. The molecule has 1 aromatic rings. The number of benzene rings is 1. The van der Waals surface area contributed by atoms with Crippen LogP contribution >= 0.6 is 0 Å². The van der Waals surface area contributed by atoms with Crippen LogP contribution in [0.5, 0.6) is 5.75 Å². The minimum atomic E-state index is -3.08. The molecule has 5 heteroatoms. The minimum Gasteiger partial charge on any atom is -0.431 e. The molecule has 0 aliphatic heterocycles. The van der Waals surface area contributed by atoms with Gasteiger partial charge in [-0.25, -0.2) is 4.39 Å². The molecular weight excluding hydrogens is 209 g/mol. The number of ether oxygens (including phenoxy) is 1. The Morgan fingerprint density at radius 1 is 1.27 bits per heavy atom. The van der Waals surface area contributed by atoms with E-state index in [9.17, 15) is 18.0 Å². The summed E-state index contributed by atoms with van der Waals surface area (Å²) < 4.78 is 41.2. The predicted octanol–water partition coefficient (Wildman–Crippen LogP) is 2.56. The van der Waals surface area contributed by atoms with E-state index < -0.39 is 18.2 Å². The van der Waals surface area contributed by atoms with Crippen molar-refractivity contribution in [1.82, 2.24) is 0 Å². The summed E-state index contributed by atoms with van der Waals surface area (Å²) in [7, 11) is 0. The lowest BCUT2D eigenvalue weighted by molar-refractivity contribution is -0.0527. The Balaban J connectivity index is 2.49. The highest BCUT2D eigenvalue weighted by Gasteiger charge is 2.26. The molecule has 0 atom stereocenters. The smallest absolute Gasteiger partial charge is 0.387 e. The number of ketones is 1. The molecule has 0 bridgehead atoms. The standard InChI is InChI=1S/C10H7F3O2/c11-7-3-1-5-6(2-4-8(5)14)9(7)15-10(12)13/h1,3,10H,2,4H2. The van der Waals surface area contributed by atoms with Crippen LogP contribution in [0.2, 0.25) is 0 Å². The fourth-order valence-corrected chi connectivity index (χ4v) is 1.70. The maximum absolute atomic E-state index is 13.2. The van der Waals surface area contributed by atoms with Gasteiger partial charge in [0.2, 0.25) is 0 Å². The first-order valence-electron chi connectivity index (χ1n) is 4.39. The van der Waals surface area contributed by atoms with Gasteiger partial charge in [-0.3, -0.25) is 4.79 Å². The Morgan fingerprint density at radius 2 is 2.00 bits per heavy atom. The summed E-state index contributed by atoms with van der Waals surface area (Å²) in [5.41, 5.74) is 0.535. The Morgan fingerprint density at radius 3 is 2.67 bits per heavy atom. The molecule has 2 nitrogen and oxygen atoms in total. The molecule has 1 aromatic carbocycles. The van der Waals surface area contributed by atoms with E-state index >= 15 is 0 Å². The Kier molecular flexibility index (Phi) is 2.38. The molecular formula is C10H7F3O2. The Hall–Kier alpha value is -1.52. The van der Waals surface area contributed by atoms with Gasteiger partial charge in [0.05, 0.1) is 0 Å². The molecule has 1 aliphatic rings. The number of rotatable bonds is 2.